The lowest BCUT2D eigenvalue weighted by Gasteiger charge is -2.33. The number of amides is 3. The number of aryl methyl sites for hydroxylation is 2. The molecule has 0 bridgehead atoms. The van der Waals surface area contributed by atoms with Crippen LogP contribution in [-0.4, -0.2) is 29.9 Å². The molecule has 5 heteroatoms. The summed E-state index contributed by atoms with van der Waals surface area (Å²) < 4.78 is 0. The molecule has 3 rings (SSSR count). The minimum Gasteiger partial charge on any atom is -0.352 e. The topological polar surface area (TPSA) is 75.4 Å². The van der Waals surface area contributed by atoms with E-state index in [9.17, 15) is 9.59 Å². The molecule has 0 saturated carbocycles. The predicted octanol–water partition coefficient (Wildman–Crippen LogP) is 3.97. The summed E-state index contributed by atoms with van der Waals surface area (Å²) in [6, 6.07) is 17.4. The lowest BCUT2D eigenvalue weighted by atomic mass is 9.90. The smallest absolute Gasteiger partial charge is 0.312 e. The van der Waals surface area contributed by atoms with Crippen molar-refractivity contribution in [3.8, 4) is 0 Å². The van der Waals surface area contributed by atoms with Gasteiger partial charge in [-0.25, -0.2) is 4.79 Å². The summed E-state index contributed by atoms with van der Waals surface area (Å²) in [5, 5.41) is 2.75. The molecule has 1 fully saturated rings. The van der Waals surface area contributed by atoms with Crippen LogP contribution in [0.3, 0.4) is 0 Å². The predicted molar refractivity (Wildman–Crippen MR) is 115 cm³/mol. The van der Waals surface area contributed by atoms with Gasteiger partial charge in [0, 0.05) is 13.1 Å². The monoisotopic (exact) mass is 393 g/mol. The number of piperidine rings is 1. The van der Waals surface area contributed by atoms with Crippen molar-refractivity contribution in [2.24, 2.45) is 11.7 Å². The van der Waals surface area contributed by atoms with Crippen LogP contribution in [0.4, 0.5) is 4.79 Å². The van der Waals surface area contributed by atoms with Crippen molar-refractivity contribution in [1.29, 1.82) is 0 Å². The average Bonchev–Trinajstić information content (AvgIpc) is 2.73. The van der Waals surface area contributed by atoms with E-state index in [2.05, 4.69) is 29.6 Å². The number of nitrogens with zero attached hydrogens (tertiary/aromatic N) is 1. The first-order chi connectivity index (χ1) is 14.0. The number of hydrogen-bond acceptors (Lipinski definition) is 2. The Morgan fingerprint density at radius 1 is 1.07 bits per heavy atom. The number of rotatable bonds is 7. The Morgan fingerprint density at radius 3 is 2.38 bits per heavy atom. The molecule has 154 valence electrons. The molecular weight excluding hydrogens is 362 g/mol. The Morgan fingerprint density at radius 2 is 1.72 bits per heavy atom. The highest BCUT2D eigenvalue weighted by atomic mass is 16.2. The quantitative estimate of drug-likeness (QED) is 0.747. The second-order valence-corrected chi connectivity index (χ2v) is 7.97. The van der Waals surface area contributed by atoms with Gasteiger partial charge in [0.25, 0.3) is 0 Å². The fourth-order valence-electron chi connectivity index (χ4n) is 4.18. The van der Waals surface area contributed by atoms with Gasteiger partial charge in [-0.1, -0.05) is 54.6 Å². The molecule has 0 aliphatic carbocycles. The third kappa shape index (κ3) is 6.08. The number of urea groups is 1. The van der Waals surface area contributed by atoms with Gasteiger partial charge in [-0.15, -0.1) is 0 Å². The normalized spacial score (nSPS) is 15.7. The van der Waals surface area contributed by atoms with E-state index >= 15 is 0 Å². The Labute approximate surface area is 173 Å². The van der Waals surface area contributed by atoms with E-state index in [4.69, 9.17) is 5.73 Å². The Bertz CT molecular complexity index is 814. The molecule has 3 N–H and O–H groups in total. The number of carbonyl (C=O) groups is 2. The van der Waals surface area contributed by atoms with Crippen molar-refractivity contribution in [2.75, 3.05) is 13.1 Å². The van der Waals surface area contributed by atoms with Gasteiger partial charge < -0.3 is 16.0 Å². The van der Waals surface area contributed by atoms with Gasteiger partial charge in [0.2, 0.25) is 5.91 Å². The highest BCUT2D eigenvalue weighted by Gasteiger charge is 2.26. The SMILES string of the molecule is Cc1ccccc1[C@H](CC(=O)N1CCC(CCc2ccccc2)CC1)NC(N)=O. The summed E-state index contributed by atoms with van der Waals surface area (Å²) in [4.78, 5) is 26.3. The van der Waals surface area contributed by atoms with Crippen molar-refractivity contribution in [1.82, 2.24) is 10.2 Å². The third-order valence-electron chi connectivity index (χ3n) is 5.91. The van der Waals surface area contributed by atoms with Crippen molar-refractivity contribution < 1.29 is 9.59 Å². The third-order valence-corrected chi connectivity index (χ3v) is 5.91. The molecule has 0 spiro atoms. The second kappa shape index (κ2) is 10.1. The van der Waals surface area contributed by atoms with E-state index < -0.39 is 12.1 Å². The molecule has 1 saturated heterocycles. The maximum Gasteiger partial charge on any atom is 0.312 e. The Balaban J connectivity index is 1.52. The largest absolute Gasteiger partial charge is 0.352 e. The van der Waals surface area contributed by atoms with Crippen LogP contribution in [0.25, 0.3) is 0 Å². The average molecular weight is 394 g/mol. The van der Waals surface area contributed by atoms with Gasteiger partial charge in [0.1, 0.15) is 0 Å². The zero-order chi connectivity index (χ0) is 20.6. The molecule has 3 amide bonds. The first kappa shape index (κ1) is 20.9. The van der Waals surface area contributed by atoms with E-state index in [0.29, 0.717) is 5.92 Å². The van der Waals surface area contributed by atoms with Crippen LogP contribution >= 0.6 is 0 Å². The van der Waals surface area contributed by atoms with Crippen LogP contribution in [0.2, 0.25) is 0 Å². The number of nitrogens with one attached hydrogen (secondary N) is 1. The Kier molecular flexibility index (Phi) is 7.28. The van der Waals surface area contributed by atoms with Crippen LogP contribution in [0.5, 0.6) is 0 Å². The van der Waals surface area contributed by atoms with Crippen LogP contribution in [0.15, 0.2) is 54.6 Å². The molecular formula is C24H31N3O2. The number of nitrogens with two attached hydrogens (primary N) is 1. The van der Waals surface area contributed by atoms with Crippen LogP contribution < -0.4 is 11.1 Å². The zero-order valence-corrected chi connectivity index (χ0v) is 17.1. The second-order valence-electron chi connectivity index (χ2n) is 7.97. The molecule has 2 aromatic rings. The van der Waals surface area contributed by atoms with Crippen molar-refractivity contribution >= 4 is 11.9 Å². The molecule has 2 aromatic carbocycles. The highest BCUT2D eigenvalue weighted by molar-refractivity contribution is 5.79. The molecule has 1 heterocycles. The fraction of sp³-hybridized carbons (Fsp3) is 0.417. The zero-order valence-electron chi connectivity index (χ0n) is 17.1. The summed E-state index contributed by atoms with van der Waals surface area (Å²) in [6.07, 6.45) is 4.58. The van der Waals surface area contributed by atoms with Crippen molar-refractivity contribution in [3.05, 3.63) is 71.3 Å². The van der Waals surface area contributed by atoms with E-state index in [1.807, 2.05) is 42.2 Å². The summed E-state index contributed by atoms with van der Waals surface area (Å²) in [5.74, 6) is 0.740. The summed E-state index contributed by atoms with van der Waals surface area (Å²) in [6.45, 7) is 3.55. The van der Waals surface area contributed by atoms with Gasteiger partial charge in [-0.05, 0) is 55.2 Å². The number of primary amides is 1. The summed E-state index contributed by atoms with van der Waals surface area (Å²) in [5.41, 5.74) is 8.72. The van der Waals surface area contributed by atoms with Gasteiger partial charge in [0.05, 0.1) is 12.5 Å². The summed E-state index contributed by atoms with van der Waals surface area (Å²) in [7, 11) is 0. The molecule has 0 radical (unpaired) electrons. The number of benzene rings is 2. The van der Waals surface area contributed by atoms with E-state index in [1.165, 1.54) is 12.0 Å². The number of likely N-dealkylation sites (tertiary alicyclic amines) is 1. The van der Waals surface area contributed by atoms with Gasteiger partial charge in [0.15, 0.2) is 0 Å². The molecule has 1 aliphatic heterocycles. The minimum absolute atomic E-state index is 0.0773. The molecule has 0 unspecified atom stereocenters. The molecule has 5 nitrogen and oxygen atoms in total. The minimum atomic E-state index is -0.606. The first-order valence-electron chi connectivity index (χ1n) is 10.5. The standard InChI is InChI=1S/C24H31N3O2/c1-18-7-5-6-10-21(18)22(26-24(25)29)17-23(28)27-15-13-20(14-16-27)12-11-19-8-3-2-4-9-19/h2-10,20,22H,11-17H2,1H3,(H3,25,26,29)/t22-/m0/s1. The van der Waals surface area contributed by atoms with E-state index in [1.54, 1.807) is 0 Å². The molecule has 1 atom stereocenters. The maximum atomic E-state index is 12.9. The number of hydrogen-bond donors (Lipinski definition) is 2. The van der Waals surface area contributed by atoms with Gasteiger partial charge in [-0.3, -0.25) is 4.79 Å². The highest BCUT2D eigenvalue weighted by Crippen LogP contribution is 2.26. The molecule has 1 aliphatic rings. The lowest BCUT2D eigenvalue weighted by Crippen LogP contribution is -2.42. The molecule has 0 aromatic heterocycles. The Hall–Kier alpha value is -2.82. The summed E-state index contributed by atoms with van der Waals surface area (Å²) >= 11 is 0. The molecule has 29 heavy (non-hydrogen) atoms. The van der Waals surface area contributed by atoms with Gasteiger partial charge >= 0.3 is 6.03 Å². The van der Waals surface area contributed by atoms with Crippen molar-refractivity contribution in [3.63, 3.8) is 0 Å². The van der Waals surface area contributed by atoms with E-state index in [0.717, 1.165) is 43.5 Å². The van der Waals surface area contributed by atoms with Gasteiger partial charge in [-0.2, -0.15) is 0 Å². The maximum absolute atomic E-state index is 12.9. The number of carbonyl (C=O) groups excluding carboxylic acids is 2. The van der Waals surface area contributed by atoms with Crippen LogP contribution in [-0.2, 0) is 11.2 Å². The lowest BCUT2D eigenvalue weighted by molar-refractivity contribution is -0.133. The van der Waals surface area contributed by atoms with Crippen LogP contribution in [0, 0.1) is 12.8 Å². The first-order valence-corrected chi connectivity index (χ1v) is 10.5. The fourth-order valence-corrected chi connectivity index (χ4v) is 4.18. The van der Waals surface area contributed by atoms with E-state index in [-0.39, 0.29) is 12.3 Å². The van der Waals surface area contributed by atoms with Crippen molar-refractivity contribution in [2.45, 2.75) is 45.1 Å². The van der Waals surface area contributed by atoms with Crippen LogP contribution in [0.1, 0.15) is 48.4 Å².